The third-order valence-electron chi connectivity index (χ3n) is 4.95. The molecule has 0 saturated carbocycles. The molecule has 0 saturated heterocycles. The Labute approximate surface area is 178 Å². The summed E-state index contributed by atoms with van der Waals surface area (Å²) in [5, 5.41) is 2.90. The molecule has 1 atom stereocenters. The van der Waals surface area contributed by atoms with Gasteiger partial charge in [-0.25, -0.2) is 4.79 Å². The van der Waals surface area contributed by atoms with Gasteiger partial charge in [0.1, 0.15) is 0 Å². The zero-order valence-corrected chi connectivity index (χ0v) is 18.1. The lowest BCUT2D eigenvalue weighted by Crippen LogP contribution is -2.43. The van der Waals surface area contributed by atoms with E-state index < -0.39 is 6.04 Å². The lowest BCUT2D eigenvalue weighted by molar-refractivity contribution is -0.141. The molecule has 29 heavy (non-hydrogen) atoms. The second-order valence-electron chi connectivity index (χ2n) is 6.58. The monoisotopic (exact) mass is 462 g/mol. The summed E-state index contributed by atoms with van der Waals surface area (Å²) in [6.45, 7) is 0.465. The number of rotatable bonds is 5. The number of methoxy groups -OCH3 is 3. The maximum Gasteiger partial charge on any atom is 0.322 e. The number of carbonyl (C=O) groups excluding carboxylic acids is 2. The highest BCUT2D eigenvalue weighted by molar-refractivity contribution is 9.10. The number of ether oxygens (including phenoxy) is 3. The number of amides is 2. The molecule has 0 unspecified atom stereocenters. The molecule has 2 amide bonds. The summed E-state index contributed by atoms with van der Waals surface area (Å²) >= 11 is 3.38. The summed E-state index contributed by atoms with van der Waals surface area (Å²) in [6.07, 6.45) is 0.688. The molecule has 0 radical (unpaired) electrons. The number of urea groups is 1. The van der Waals surface area contributed by atoms with E-state index in [1.807, 2.05) is 36.4 Å². The second kappa shape index (κ2) is 9.17. The molecule has 1 heterocycles. The predicted molar refractivity (Wildman–Crippen MR) is 112 cm³/mol. The Hall–Kier alpha value is -2.74. The summed E-state index contributed by atoms with van der Waals surface area (Å²) < 4.78 is 16.6. The Bertz CT molecular complexity index is 901. The molecule has 0 aromatic heterocycles. The maximum atomic E-state index is 13.0. The number of benzene rings is 2. The van der Waals surface area contributed by atoms with Gasteiger partial charge in [0.15, 0.2) is 11.5 Å². The van der Waals surface area contributed by atoms with Crippen molar-refractivity contribution >= 4 is 33.6 Å². The highest BCUT2D eigenvalue weighted by atomic mass is 79.9. The standard InChI is InChI=1S/C21H23BrN2O5/c1-27-18-10-13-8-9-24(21(26)23-15-6-4-14(22)5-7-15)17(12-20(25)29-3)16(13)11-19(18)28-2/h4-7,10-11,17H,8-9,12H2,1-3H3,(H,23,26)/t17-/m0/s1. The number of carbonyl (C=O) groups is 2. The number of anilines is 1. The number of hydrogen-bond donors (Lipinski definition) is 1. The second-order valence-corrected chi connectivity index (χ2v) is 7.50. The minimum absolute atomic E-state index is 0.0484. The Morgan fingerprint density at radius 3 is 2.38 bits per heavy atom. The van der Waals surface area contributed by atoms with E-state index in [2.05, 4.69) is 21.2 Å². The van der Waals surface area contributed by atoms with Crippen molar-refractivity contribution < 1.29 is 23.8 Å². The van der Waals surface area contributed by atoms with E-state index in [0.29, 0.717) is 30.2 Å². The molecular weight excluding hydrogens is 440 g/mol. The van der Waals surface area contributed by atoms with Crippen molar-refractivity contribution in [1.82, 2.24) is 4.90 Å². The van der Waals surface area contributed by atoms with Crippen LogP contribution in [0.4, 0.5) is 10.5 Å². The third-order valence-corrected chi connectivity index (χ3v) is 5.48. The summed E-state index contributed by atoms with van der Waals surface area (Å²) in [6, 6.07) is 10.3. The van der Waals surface area contributed by atoms with Crippen molar-refractivity contribution in [3.8, 4) is 11.5 Å². The quantitative estimate of drug-likeness (QED) is 0.674. The van der Waals surface area contributed by atoms with Crippen LogP contribution in [0.25, 0.3) is 0 Å². The molecule has 8 heteroatoms. The molecule has 2 aromatic carbocycles. The zero-order valence-electron chi connectivity index (χ0n) is 16.5. The van der Waals surface area contributed by atoms with Crippen molar-refractivity contribution in [2.75, 3.05) is 33.2 Å². The first-order valence-electron chi connectivity index (χ1n) is 9.11. The van der Waals surface area contributed by atoms with Gasteiger partial charge < -0.3 is 24.4 Å². The largest absolute Gasteiger partial charge is 0.493 e. The van der Waals surface area contributed by atoms with Crippen LogP contribution < -0.4 is 14.8 Å². The first kappa shape index (κ1) is 21.0. The molecule has 1 aliphatic rings. The molecule has 0 bridgehead atoms. The fraction of sp³-hybridized carbons (Fsp3) is 0.333. The van der Waals surface area contributed by atoms with Crippen LogP contribution in [0.1, 0.15) is 23.6 Å². The van der Waals surface area contributed by atoms with Crippen LogP contribution in [-0.4, -0.2) is 44.8 Å². The molecule has 3 rings (SSSR count). The number of hydrogen-bond acceptors (Lipinski definition) is 5. The van der Waals surface area contributed by atoms with E-state index in [1.54, 1.807) is 19.1 Å². The maximum absolute atomic E-state index is 13.0. The van der Waals surface area contributed by atoms with Crippen LogP contribution in [0.5, 0.6) is 11.5 Å². The van der Waals surface area contributed by atoms with Crippen molar-refractivity contribution in [3.63, 3.8) is 0 Å². The minimum atomic E-state index is -0.471. The Kier molecular flexibility index (Phi) is 6.64. The highest BCUT2D eigenvalue weighted by Crippen LogP contribution is 2.39. The van der Waals surface area contributed by atoms with Crippen molar-refractivity contribution in [2.24, 2.45) is 0 Å². The average molecular weight is 463 g/mol. The van der Waals surface area contributed by atoms with Gasteiger partial charge >= 0.3 is 12.0 Å². The van der Waals surface area contributed by atoms with Gasteiger partial charge in [-0.3, -0.25) is 4.79 Å². The summed E-state index contributed by atoms with van der Waals surface area (Å²) in [5.74, 6) is 0.784. The average Bonchev–Trinajstić information content (AvgIpc) is 2.74. The van der Waals surface area contributed by atoms with E-state index in [0.717, 1.165) is 15.6 Å². The number of fused-ring (bicyclic) bond motifs is 1. The van der Waals surface area contributed by atoms with Crippen LogP contribution in [0.2, 0.25) is 0 Å². The number of nitrogens with one attached hydrogen (secondary N) is 1. The van der Waals surface area contributed by atoms with Crippen LogP contribution >= 0.6 is 15.9 Å². The van der Waals surface area contributed by atoms with Gasteiger partial charge in [0.25, 0.3) is 0 Å². The molecular formula is C21H23BrN2O5. The number of esters is 1. The molecule has 1 aliphatic heterocycles. The predicted octanol–water partition coefficient (Wildman–Crippen LogP) is 4.16. The van der Waals surface area contributed by atoms with Crippen LogP contribution in [0.15, 0.2) is 40.9 Å². The van der Waals surface area contributed by atoms with Gasteiger partial charge in [-0.2, -0.15) is 0 Å². The van der Waals surface area contributed by atoms with Gasteiger partial charge in [0, 0.05) is 16.7 Å². The van der Waals surface area contributed by atoms with Crippen molar-refractivity contribution in [2.45, 2.75) is 18.9 Å². The third kappa shape index (κ3) is 4.64. The smallest absolute Gasteiger partial charge is 0.322 e. The lowest BCUT2D eigenvalue weighted by Gasteiger charge is -2.37. The van der Waals surface area contributed by atoms with E-state index in [4.69, 9.17) is 14.2 Å². The van der Waals surface area contributed by atoms with E-state index in [-0.39, 0.29) is 18.4 Å². The van der Waals surface area contributed by atoms with E-state index >= 15 is 0 Å². The lowest BCUT2D eigenvalue weighted by atomic mass is 9.90. The molecule has 0 fully saturated rings. The normalized spacial score (nSPS) is 15.3. The van der Waals surface area contributed by atoms with E-state index in [1.165, 1.54) is 7.11 Å². The van der Waals surface area contributed by atoms with Crippen molar-refractivity contribution in [1.29, 1.82) is 0 Å². The zero-order chi connectivity index (χ0) is 21.0. The Morgan fingerprint density at radius 1 is 1.10 bits per heavy atom. The first-order chi connectivity index (χ1) is 14.0. The van der Waals surface area contributed by atoms with Gasteiger partial charge in [-0.05, 0) is 53.9 Å². The van der Waals surface area contributed by atoms with Gasteiger partial charge in [-0.1, -0.05) is 15.9 Å². The SMILES string of the molecule is COC(=O)C[C@H]1c2cc(OC)c(OC)cc2CCN1C(=O)Nc1ccc(Br)cc1. The molecule has 154 valence electrons. The molecule has 7 nitrogen and oxygen atoms in total. The fourth-order valence-electron chi connectivity index (χ4n) is 3.46. The van der Waals surface area contributed by atoms with Crippen LogP contribution in [0.3, 0.4) is 0 Å². The van der Waals surface area contributed by atoms with Crippen LogP contribution in [-0.2, 0) is 16.0 Å². The van der Waals surface area contributed by atoms with Crippen molar-refractivity contribution in [3.05, 3.63) is 52.0 Å². The van der Waals surface area contributed by atoms with Crippen LogP contribution in [0, 0.1) is 0 Å². The Balaban J connectivity index is 1.93. The molecule has 0 aliphatic carbocycles. The van der Waals surface area contributed by atoms with Gasteiger partial charge in [0.2, 0.25) is 0 Å². The van der Waals surface area contributed by atoms with Gasteiger partial charge in [0.05, 0.1) is 33.8 Å². The molecule has 2 aromatic rings. The summed E-state index contributed by atoms with van der Waals surface area (Å²) in [7, 11) is 4.48. The topological polar surface area (TPSA) is 77.1 Å². The number of halogens is 1. The molecule has 0 spiro atoms. The summed E-state index contributed by atoms with van der Waals surface area (Å²) in [4.78, 5) is 26.8. The molecule has 1 N–H and O–H groups in total. The van der Waals surface area contributed by atoms with E-state index in [9.17, 15) is 9.59 Å². The first-order valence-corrected chi connectivity index (χ1v) is 9.91. The summed E-state index contributed by atoms with van der Waals surface area (Å²) in [5.41, 5.74) is 2.54. The minimum Gasteiger partial charge on any atom is -0.493 e. The fourth-order valence-corrected chi connectivity index (χ4v) is 3.73. The number of nitrogens with zero attached hydrogens (tertiary/aromatic N) is 1. The van der Waals surface area contributed by atoms with Gasteiger partial charge in [-0.15, -0.1) is 0 Å². The highest BCUT2D eigenvalue weighted by Gasteiger charge is 2.34. The Morgan fingerprint density at radius 2 is 1.76 bits per heavy atom.